The number of rotatable bonds is 4. The molecule has 4 nitrogen and oxygen atoms in total. The van der Waals surface area contributed by atoms with E-state index in [1.807, 2.05) is 30.3 Å². The summed E-state index contributed by atoms with van der Waals surface area (Å²) in [4.78, 5) is 12.8. The highest BCUT2D eigenvalue weighted by molar-refractivity contribution is 7.19. The van der Waals surface area contributed by atoms with Crippen molar-refractivity contribution in [1.82, 2.24) is 5.32 Å². The lowest BCUT2D eigenvalue weighted by atomic mass is 10.0. The third kappa shape index (κ3) is 3.70. The standard InChI is InChI=1S/C18H17ClN2O2S/c1-18(23,16-10-12-6-2-5-9-15(12)24-16)11-20-17(22)21-14-8-4-3-7-13(14)19/h2-10,23H,11H2,1H3,(H2,20,21,22)/t18-/m1/s1. The van der Waals surface area contributed by atoms with Crippen molar-refractivity contribution in [3.05, 3.63) is 64.5 Å². The van der Waals surface area contributed by atoms with Crippen LogP contribution >= 0.6 is 22.9 Å². The summed E-state index contributed by atoms with van der Waals surface area (Å²) in [5, 5.41) is 17.6. The number of halogens is 1. The molecule has 0 radical (unpaired) electrons. The molecule has 0 bridgehead atoms. The largest absolute Gasteiger partial charge is 0.383 e. The van der Waals surface area contributed by atoms with E-state index in [2.05, 4.69) is 10.6 Å². The third-order valence-electron chi connectivity index (χ3n) is 3.67. The maximum absolute atomic E-state index is 12.0. The van der Waals surface area contributed by atoms with E-state index in [1.165, 1.54) is 11.3 Å². The highest BCUT2D eigenvalue weighted by Crippen LogP contribution is 2.32. The van der Waals surface area contributed by atoms with Gasteiger partial charge in [0.2, 0.25) is 0 Å². The maximum atomic E-state index is 12.0. The van der Waals surface area contributed by atoms with Crippen molar-refractivity contribution >= 4 is 44.7 Å². The van der Waals surface area contributed by atoms with Crippen molar-refractivity contribution in [3.8, 4) is 0 Å². The molecule has 0 aliphatic carbocycles. The van der Waals surface area contributed by atoms with E-state index in [0.717, 1.165) is 15.0 Å². The van der Waals surface area contributed by atoms with Gasteiger partial charge in [-0.25, -0.2) is 4.79 Å². The number of benzene rings is 2. The van der Waals surface area contributed by atoms with Crippen LogP contribution in [0.3, 0.4) is 0 Å². The van der Waals surface area contributed by atoms with E-state index < -0.39 is 11.6 Å². The fourth-order valence-electron chi connectivity index (χ4n) is 2.32. The second kappa shape index (κ2) is 6.81. The minimum absolute atomic E-state index is 0.0934. The highest BCUT2D eigenvalue weighted by atomic mass is 35.5. The summed E-state index contributed by atoms with van der Waals surface area (Å²) in [6.07, 6.45) is 0. The molecule has 0 fully saturated rings. The number of carbonyl (C=O) groups is 1. The molecule has 1 aromatic heterocycles. The number of aliphatic hydroxyl groups is 1. The molecule has 0 unspecified atom stereocenters. The monoisotopic (exact) mass is 360 g/mol. The minimum Gasteiger partial charge on any atom is -0.383 e. The van der Waals surface area contributed by atoms with Crippen LogP contribution in [0, 0.1) is 0 Å². The maximum Gasteiger partial charge on any atom is 0.319 e. The number of para-hydroxylation sites is 1. The SMILES string of the molecule is C[C@@](O)(CNC(=O)Nc1ccccc1Cl)c1cc2ccccc2s1. The molecule has 0 saturated carbocycles. The molecule has 1 atom stereocenters. The van der Waals surface area contributed by atoms with E-state index in [9.17, 15) is 9.90 Å². The number of fused-ring (bicyclic) bond motifs is 1. The van der Waals surface area contributed by atoms with Crippen LogP contribution in [0.4, 0.5) is 10.5 Å². The number of hydrogen-bond acceptors (Lipinski definition) is 3. The van der Waals surface area contributed by atoms with Gasteiger partial charge < -0.3 is 15.7 Å². The Hall–Kier alpha value is -2.08. The van der Waals surface area contributed by atoms with Gasteiger partial charge in [0.25, 0.3) is 0 Å². The molecular formula is C18H17ClN2O2S. The minimum atomic E-state index is -1.15. The van der Waals surface area contributed by atoms with E-state index in [0.29, 0.717) is 10.7 Å². The molecule has 2 aromatic carbocycles. The molecule has 0 aliphatic rings. The molecule has 0 saturated heterocycles. The molecule has 24 heavy (non-hydrogen) atoms. The summed E-state index contributed by atoms with van der Waals surface area (Å²) in [7, 11) is 0. The van der Waals surface area contributed by atoms with E-state index in [-0.39, 0.29) is 6.54 Å². The molecule has 2 amide bonds. The lowest BCUT2D eigenvalue weighted by molar-refractivity contribution is 0.0638. The Balaban J connectivity index is 1.66. The van der Waals surface area contributed by atoms with Gasteiger partial charge in [0.05, 0.1) is 17.3 Å². The molecule has 3 rings (SSSR count). The Bertz CT molecular complexity index is 843. The van der Waals surface area contributed by atoms with Gasteiger partial charge in [-0.15, -0.1) is 11.3 Å². The normalized spacial score (nSPS) is 13.5. The van der Waals surface area contributed by atoms with Gasteiger partial charge >= 0.3 is 6.03 Å². The lowest BCUT2D eigenvalue weighted by Crippen LogP contribution is -2.40. The van der Waals surface area contributed by atoms with Crippen LogP contribution in [-0.2, 0) is 5.60 Å². The Morgan fingerprint density at radius 3 is 2.67 bits per heavy atom. The summed E-state index contributed by atoms with van der Waals surface area (Å²) in [6.45, 7) is 1.78. The zero-order chi connectivity index (χ0) is 17.2. The van der Waals surface area contributed by atoms with Crippen LogP contribution in [0.2, 0.25) is 5.02 Å². The van der Waals surface area contributed by atoms with Gasteiger partial charge in [0.15, 0.2) is 0 Å². The van der Waals surface area contributed by atoms with Crippen molar-refractivity contribution in [2.45, 2.75) is 12.5 Å². The first-order valence-corrected chi connectivity index (χ1v) is 8.66. The number of carbonyl (C=O) groups excluding carboxylic acids is 1. The zero-order valence-electron chi connectivity index (χ0n) is 13.0. The number of nitrogens with one attached hydrogen (secondary N) is 2. The van der Waals surface area contributed by atoms with Crippen LogP contribution < -0.4 is 10.6 Å². The summed E-state index contributed by atoms with van der Waals surface area (Å²) in [6, 6.07) is 16.5. The predicted octanol–water partition coefficient (Wildman–Crippen LogP) is 4.58. The number of urea groups is 1. The average Bonchev–Trinajstić information content (AvgIpc) is 3.00. The quantitative estimate of drug-likeness (QED) is 0.637. The highest BCUT2D eigenvalue weighted by Gasteiger charge is 2.26. The van der Waals surface area contributed by atoms with Crippen LogP contribution in [0.5, 0.6) is 0 Å². The topological polar surface area (TPSA) is 61.4 Å². The molecule has 3 aromatic rings. The van der Waals surface area contributed by atoms with Gasteiger partial charge in [-0.05, 0) is 36.6 Å². The molecule has 1 heterocycles. The summed E-state index contributed by atoms with van der Waals surface area (Å²) >= 11 is 7.53. The fourth-order valence-corrected chi connectivity index (χ4v) is 3.61. The Morgan fingerprint density at radius 1 is 1.21 bits per heavy atom. The van der Waals surface area contributed by atoms with Crippen molar-refractivity contribution in [1.29, 1.82) is 0 Å². The Kier molecular flexibility index (Phi) is 4.76. The van der Waals surface area contributed by atoms with Gasteiger partial charge in [0, 0.05) is 9.58 Å². The van der Waals surface area contributed by atoms with Crippen LogP contribution in [0.1, 0.15) is 11.8 Å². The Morgan fingerprint density at radius 2 is 1.92 bits per heavy atom. The first-order chi connectivity index (χ1) is 11.5. The zero-order valence-corrected chi connectivity index (χ0v) is 14.6. The lowest BCUT2D eigenvalue weighted by Gasteiger charge is -2.22. The third-order valence-corrected chi connectivity index (χ3v) is 5.37. The smallest absolute Gasteiger partial charge is 0.319 e. The summed E-state index contributed by atoms with van der Waals surface area (Å²) < 4.78 is 1.10. The first kappa shape index (κ1) is 16.8. The van der Waals surface area contributed by atoms with Crippen LogP contribution in [0.15, 0.2) is 54.6 Å². The van der Waals surface area contributed by atoms with Gasteiger partial charge in [-0.3, -0.25) is 0 Å². The molecule has 0 aliphatic heterocycles. The van der Waals surface area contributed by atoms with Crippen molar-refractivity contribution < 1.29 is 9.90 Å². The van der Waals surface area contributed by atoms with Crippen LogP contribution in [-0.4, -0.2) is 17.7 Å². The number of thiophene rings is 1. The van der Waals surface area contributed by atoms with E-state index in [1.54, 1.807) is 31.2 Å². The van der Waals surface area contributed by atoms with E-state index in [4.69, 9.17) is 11.6 Å². The fraction of sp³-hybridized carbons (Fsp3) is 0.167. The molecule has 0 spiro atoms. The van der Waals surface area contributed by atoms with Gasteiger partial charge in [0.1, 0.15) is 5.60 Å². The molecular weight excluding hydrogens is 344 g/mol. The number of amides is 2. The van der Waals surface area contributed by atoms with Crippen LogP contribution in [0.25, 0.3) is 10.1 Å². The second-order valence-corrected chi connectivity index (χ2v) is 7.20. The van der Waals surface area contributed by atoms with Crippen molar-refractivity contribution in [3.63, 3.8) is 0 Å². The number of hydrogen-bond donors (Lipinski definition) is 3. The van der Waals surface area contributed by atoms with Crippen molar-refractivity contribution in [2.24, 2.45) is 0 Å². The molecule has 3 N–H and O–H groups in total. The predicted molar refractivity (Wildman–Crippen MR) is 99.9 cm³/mol. The van der Waals surface area contributed by atoms with Gasteiger partial charge in [-0.2, -0.15) is 0 Å². The second-order valence-electron chi connectivity index (χ2n) is 5.71. The first-order valence-electron chi connectivity index (χ1n) is 7.46. The van der Waals surface area contributed by atoms with E-state index >= 15 is 0 Å². The molecule has 124 valence electrons. The van der Waals surface area contributed by atoms with Crippen molar-refractivity contribution in [2.75, 3.05) is 11.9 Å². The Labute approximate surface area is 149 Å². The summed E-state index contributed by atoms with van der Waals surface area (Å²) in [5.74, 6) is 0. The average molecular weight is 361 g/mol. The van der Waals surface area contributed by atoms with Gasteiger partial charge in [-0.1, -0.05) is 41.9 Å². The summed E-state index contributed by atoms with van der Waals surface area (Å²) in [5.41, 5.74) is -0.625. The molecule has 6 heteroatoms. The number of anilines is 1.